The van der Waals surface area contributed by atoms with E-state index in [0.717, 1.165) is 13.0 Å². The van der Waals surface area contributed by atoms with E-state index >= 15 is 0 Å². The molecule has 3 nitrogen and oxygen atoms in total. The number of hydrogen-bond acceptors (Lipinski definition) is 3. The Hall–Kier alpha value is -1.39. The normalized spacial score (nSPS) is 14.9. The van der Waals surface area contributed by atoms with E-state index in [-0.39, 0.29) is 5.58 Å². The van der Waals surface area contributed by atoms with Crippen LogP contribution in [0.15, 0.2) is 28.7 Å². The number of benzene rings is 1. The largest absolute Gasteiger partial charge is 0.455 e. The number of rotatable bonds is 5. The highest BCUT2D eigenvalue weighted by Gasteiger charge is 2.27. The summed E-state index contributed by atoms with van der Waals surface area (Å²) in [5, 5.41) is 14.1. The highest BCUT2D eigenvalue weighted by molar-refractivity contribution is 5.78. The summed E-state index contributed by atoms with van der Waals surface area (Å²) < 4.78 is 18.9. The Morgan fingerprint density at radius 1 is 1.44 bits per heavy atom. The monoisotopic (exact) mass is 251 g/mol. The van der Waals surface area contributed by atoms with E-state index in [0.29, 0.717) is 17.7 Å². The molecule has 1 aromatic heterocycles. The molecule has 2 aromatic rings. The first-order valence-electron chi connectivity index (χ1n) is 6.16. The minimum Gasteiger partial charge on any atom is -0.455 e. The van der Waals surface area contributed by atoms with Gasteiger partial charge < -0.3 is 14.8 Å². The smallest absolute Gasteiger partial charge is 0.170 e. The fourth-order valence-corrected chi connectivity index (χ4v) is 1.89. The fourth-order valence-electron chi connectivity index (χ4n) is 1.89. The molecule has 4 heteroatoms. The Morgan fingerprint density at radius 2 is 2.22 bits per heavy atom. The number of halogens is 1. The third-order valence-corrected chi connectivity index (χ3v) is 2.92. The van der Waals surface area contributed by atoms with Gasteiger partial charge in [-0.1, -0.05) is 19.1 Å². The molecule has 0 saturated carbocycles. The van der Waals surface area contributed by atoms with E-state index in [1.54, 1.807) is 25.1 Å². The van der Waals surface area contributed by atoms with Crippen LogP contribution in [0.4, 0.5) is 4.39 Å². The Kier molecular flexibility index (Phi) is 3.68. The van der Waals surface area contributed by atoms with Crippen LogP contribution in [0.25, 0.3) is 11.0 Å². The van der Waals surface area contributed by atoms with Crippen LogP contribution in [0.1, 0.15) is 26.0 Å². The molecule has 0 bridgehead atoms. The van der Waals surface area contributed by atoms with E-state index in [2.05, 4.69) is 12.2 Å². The summed E-state index contributed by atoms with van der Waals surface area (Å²) in [4.78, 5) is 0. The van der Waals surface area contributed by atoms with Crippen molar-refractivity contribution in [3.05, 3.63) is 35.8 Å². The Morgan fingerprint density at radius 3 is 2.89 bits per heavy atom. The molecule has 0 fully saturated rings. The van der Waals surface area contributed by atoms with Gasteiger partial charge in [0, 0.05) is 11.9 Å². The highest BCUT2D eigenvalue weighted by atomic mass is 19.1. The summed E-state index contributed by atoms with van der Waals surface area (Å²) in [5.74, 6) is -0.0257. The molecule has 2 N–H and O–H groups in total. The van der Waals surface area contributed by atoms with Crippen molar-refractivity contribution >= 4 is 11.0 Å². The molecule has 0 aliphatic carbocycles. The molecule has 1 heterocycles. The van der Waals surface area contributed by atoms with Crippen molar-refractivity contribution < 1.29 is 13.9 Å². The quantitative estimate of drug-likeness (QED) is 0.803. The van der Waals surface area contributed by atoms with Gasteiger partial charge in [0.25, 0.3) is 0 Å². The van der Waals surface area contributed by atoms with Crippen molar-refractivity contribution in [2.24, 2.45) is 0 Å². The summed E-state index contributed by atoms with van der Waals surface area (Å²) in [6.45, 7) is 4.91. The van der Waals surface area contributed by atoms with E-state index < -0.39 is 11.4 Å². The van der Waals surface area contributed by atoms with Crippen molar-refractivity contribution in [2.75, 3.05) is 13.1 Å². The molecule has 2 rings (SSSR count). The van der Waals surface area contributed by atoms with E-state index in [1.807, 2.05) is 0 Å². The minimum absolute atomic E-state index is 0.197. The average Bonchev–Trinajstić information content (AvgIpc) is 2.75. The molecule has 0 radical (unpaired) electrons. The number of fused-ring (bicyclic) bond motifs is 1. The van der Waals surface area contributed by atoms with Crippen LogP contribution in [0.3, 0.4) is 0 Å². The third-order valence-electron chi connectivity index (χ3n) is 2.92. The maximum atomic E-state index is 13.5. The van der Waals surface area contributed by atoms with Crippen molar-refractivity contribution in [2.45, 2.75) is 25.9 Å². The lowest BCUT2D eigenvalue weighted by Crippen LogP contribution is -2.35. The van der Waals surface area contributed by atoms with E-state index in [4.69, 9.17) is 4.42 Å². The first-order chi connectivity index (χ1) is 8.54. The van der Waals surface area contributed by atoms with Crippen molar-refractivity contribution in [1.82, 2.24) is 5.32 Å². The second kappa shape index (κ2) is 5.08. The van der Waals surface area contributed by atoms with E-state index in [9.17, 15) is 9.50 Å². The van der Waals surface area contributed by atoms with Gasteiger partial charge in [-0.05, 0) is 32.0 Å². The Balaban J connectivity index is 2.27. The molecular weight excluding hydrogens is 233 g/mol. The highest BCUT2D eigenvalue weighted by Crippen LogP contribution is 2.28. The molecule has 0 saturated heterocycles. The summed E-state index contributed by atoms with van der Waals surface area (Å²) in [6.07, 6.45) is 0.991. The number of para-hydroxylation sites is 1. The van der Waals surface area contributed by atoms with Gasteiger partial charge in [0.15, 0.2) is 11.4 Å². The second-order valence-corrected chi connectivity index (χ2v) is 4.72. The topological polar surface area (TPSA) is 45.4 Å². The third kappa shape index (κ3) is 2.54. The predicted molar refractivity (Wildman–Crippen MR) is 68.9 cm³/mol. The standard InChI is InChI=1S/C14H18FNO2/c1-3-7-16-9-14(2,17)12-8-10-5-4-6-11(15)13(10)18-12/h4-6,8,16-17H,3,7,9H2,1-2H3. The lowest BCUT2D eigenvalue weighted by Gasteiger charge is -2.20. The fraction of sp³-hybridized carbons (Fsp3) is 0.429. The molecule has 98 valence electrons. The van der Waals surface area contributed by atoms with Crippen molar-refractivity contribution in [3.63, 3.8) is 0 Å². The molecule has 1 atom stereocenters. The number of hydrogen-bond donors (Lipinski definition) is 2. The number of furan rings is 1. The molecule has 0 aliphatic heterocycles. The van der Waals surface area contributed by atoms with Gasteiger partial charge >= 0.3 is 0 Å². The molecule has 0 amide bonds. The predicted octanol–water partition coefficient (Wildman–Crippen LogP) is 2.78. The first-order valence-corrected chi connectivity index (χ1v) is 6.16. The Bertz CT molecular complexity index is 534. The van der Waals surface area contributed by atoms with Gasteiger partial charge in [0.1, 0.15) is 11.4 Å². The lowest BCUT2D eigenvalue weighted by atomic mass is 10.0. The van der Waals surface area contributed by atoms with Crippen molar-refractivity contribution in [1.29, 1.82) is 0 Å². The van der Waals surface area contributed by atoms with Gasteiger partial charge in [-0.3, -0.25) is 0 Å². The van der Waals surface area contributed by atoms with Crippen LogP contribution < -0.4 is 5.32 Å². The van der Waals surface area contributed by atoms with Crippen LogP contribution in [0.5, 0.6) is 0 Å². The zero-order valence-corrected chi connectivity index (χ0v) is 10.7. The van der Waals surface area contributed by atoms with Gasteiger partial charge in [0.05, 0.1) is 0 Å². The zero-order valence-electron chi connectivity index (χ0n) is 10.7. The van der Waals surface area contributed by atoms with Crippen LogP contribution in [-0.2, 0) is 5.60 Å². The molecular formula is C14H18FNO2. The van der Waals surface area contributed by atoms with Gasteiger partial charge in [0.2, 0.25) is 0 Å². The second-order valence-electron chi connectivity index (χ2n) is 4.72. The van der Waals surface area contributed by atoms with Gasteiger partial charge in [-0.25, -0.2) is 4.39 Å². The maximum absolute atomic E-state index is 13.5. The van der Waals surface area contributed by atoms with Gasteiger partial charge in [-0.15, -0.1) is 0 Å². The van der Waals surface area contributed by atoms with Crippen LogP contribution >= 0.6 is 0 Å². The molecule has 0 spiro atoms. The molecule has 0 aliphatic rings. The van der Waals surface area contributed by atoms with Crippen LogP contribution in [-0.4, -0.2) is 18.2 Å². The summed E-state index contributed by atoms with van der Waals surface area (Å²) in [6, 6.07) is 6.42. The average molecular weight is 251 g/mol. The summed E-state index contributed by atoms with van der Waals surface area (Å²) in [5.41, 5.74) is -0.941. The van der Waals surface area contributed by atoms with Crippen molar-refractivity contribution in [3.8, 4) is 0 Å². The van der Waals surface area contributed by atoms with Gasteiger partial charge in [-0.2, -0.15) is 0 Å². The van der Waals surface area contributed by atoms with Crippen LogP contribution in [0, 0.1) is 5.82 Å². The number of aliphatic hydroxyl groups is 1. The SMILES string of the molecule is CCCNCC(C)(O)c1cc2cccc(F)c2o1. The summed E-state index contributed by atoms with van der Waals surface area (Å²) >= 11 is 0. The lowest BCUT2D eigenvalue weighted by molar-refractivity contribution is 0.0360. The maximum Gasteiger partial charge on any atom is 0.170 e. The first kappa shape index (κ1) is 13.1. The molecule has 1 aromatic carbocycles. The molecule has 1 unspecified atom stereocenters. The van der Waals surface area contributed by atoms with Crippen LogP contribution in [0.2, 0.25) is 0 Å². The minimum atomic E-state index is -1.14. The number of nitrogens with one attached hydrogen (secondary N) is 1. The Labute approximate surface area is 106 Å². The summed E-state index contributed by atoms with van der Waals surface area (Å²) in [7, 11) is 0. The molecule has 18 heavy (non-hydrogen) atoms. The zero-order chi connectivity index (χ0) is 13.2. The van der Waals surface area contributed by atoms with E-state index in [1.165, 1.54) is 6.07 Å².